The molecule has 0 rings (SSSR count). The zero-order valence-electron chi connectivity index (χ0n) is 5.55. The van der Waals surface area contributed by atoms with Crippen molar-refractivity contribution >= 4 is 29.2 Å². The molecule has 0 aliphatic heterocycles. The van der Waals surface area contributed by atoms with E-state index in [2.05, 4.69) is 16.8 Å². The van der Waals surface area contributed by atoms with Crippen LogP contribution < -0.4 is 16.8 Å². The minimum Gasteiger partial charge on any atom is -0.352 e. The Kier molecular flexibility index (Phi) is 10.6. The van der Waals surface area contributed by atoms with Crippen LogP contribution in [0.4, 0.5) is 4.79 Å². The van der Waals surface area contributed by atoms with Crippen molar-refractivity contribution in [1.29, 1.82) is 5.26 Å². The van der Waals surface area contributed by atoms with Crippen molar-refractivity contribution in [3.63, 3.8) is 0 Å². The molecular formula is C4H8Cl2N4O. The average Bonchev–Trinajstić information content (AvgIpc) is 1.82. The third-order valence-electron chi connectivity index (χ3n) is 0.335. The van der Waals surface area contributed by atoms with Gasteiger partial charge in [-0.3, -0.25) is 0 Å². The highest BCUT2D eigenvalue weighted by Crippen LogP contribution is 1.96. The SMILES string of the molecule is N#CNCC(Cl)Cl.NC(N)=O. The summed E-state index contributed by atoms with van der Waals surface area (Å²) in [5, 5.41) is 10.1. The molecule has 0 heterocycles. The van der Waals surface area contributed by atoms with E-state index >= 15 is 0 Å². The lowest BCUT2D eigenvalue weighted by Gasteiger charge is -1.92. The third kappa shape index (κ3) is 47.3. The highest BCUT2D eigenvalue weighted by Gasteiger charge is 1.92. The van der Waals surface area contributed by atoms with Crippen LogP contribution in [0.15, 0.2) is 0 Å². The van der Waals surface area contributed by atoms with Crippen molar-refractivity contribution in [3.8, 4) is 6.19 Å². The fourth-order valence-electron chi connectivity index (χ4n) is 0.123. The molecule has 2 amide bonds. The number of alkyl halides is 2. The van der Waals surface area contributed by atoms with E-state index in [0.717, 1.165) is 0 Å². The van der Waals surface area contributed by atoms with E-state index in [1.54, 1.807) is 6.19 Å². The van der Waals surface area contributed by atoms with Crippen molar-refractivity contribution in [2.24, 2.45) is 11.5 Å². The molecule has 0 aromatic rings. The number of hydrogen-bond donors (Lipinski definition) is 3. The molecule has 0 unspecified atom stereocenters. The van der Waals surface area contributed by atoms with Crippen LogP contribution in [-0.4, -0.2) is 17.4 Å². The second-order valence-electron chi connectivity index (χ2n) is 1.29. The van der Waals surface area contributed by atoms with E-state index in [1.165, 1.54) is 0 Å². The maximum Gasteiger partial charge on any atom is 0.309 e. The van der Waals surface area contributed by atoms with Crippen molar-refractivity contribution < 1.29 is 4.79 Å². The molecule has 0 aliphatic rings. The normalized spacial score (nSPS) is 7.45. The predicted octanol–water partition coefficient (Wildman–Crippen LogP) is -0.115. The molecule has 0 radical (unpaired) electrons. The van der Waals surface area contributed by atoms with Gasteiger partial charge in [-0.15, -0.1) is 23.2 Å². The zero-order chi connectivity index (χ0) is 9.28. The summed E-state index contributed by atoms with van der Waals surface area (Å²) in [5.41, 5.74) is 8.50. The number of primary amides is 2. The molecule has 0 aromatic heterocycles. The van der Waals surface area contributed by atoms with Gasteiger partial charge in [0.05, 0.1) is 6.54 Å². The van der Waals surface area contributed by atoms with Gasteiger partial charge in [0.2, 0.25) is 0 Å². The van der Waals surface area contributed by atoms with Gasteiger partial charge < -0.3 is 16.8 Å². The van der Waals surface area contributed by atoms with Gasteiger partial charge >= 0.3 is 6.03 Å². The van der Waals surface area contributed by atoms with Crippen LogP contribution in [-0.2, 0) is 0 Å². The van der Waals surface area contributed by atoms with E-state index in [4.69, 9.17) is 33.3 Å². The number of nitrogens with two attached hydrogens (primary N) is 2. The summed E-state index contributed by atoms with van der Waals surface area (Å²) in [6.07, 6.45) is 1.68. The minimum absolute atomic E-state index is 0.319. The monoisotopic (exact) mass is 198 g/mol. The van der Waals surface area contributed by atoms with E-state index < -0.39 is 10.9 Å². The predicted molar refractivity (Wildman–Crippen MR) is 42.9 cm³/mol. The number of urea groups is 1. The van der Waals surface area contributed by atoms with Crippen molar-refractivity contribution in [3.05, 3.63) is 0 Å². The molecule has 64 valence electrons. The van der Waals surface area contributed by atoms with E-state index in [1.807, 2.05) is 0 Å². The first-order chi connectivity index (χ1) is 5.00. The Labute approximate surface area is 74.2 Å². The van der Waals surface area contributed by atoms with Crippen LogP contribution in [0.25, 0.3) is 0 Å². The first kappa shape index (κ1) is 12.8. The molecule has 0 aliphatic carbocycles. The molecule has 5 nitrogen and oxygen atoms in total. The van der Waals surface area contributed by atoms with Crippen molar-refractivity contribution in [1.82, 2.24) is 5.32 Å². The van der Waals surface area contributed by atoms with Crippen LogP contribution in [0, 0.1) is 11.5 Å². The Hall–Kier alpha value is -0.860. The summed E-state index contributed by atoms with van der Waals surface area (Å²) in [4.78, 5) is 8.51. The van der Waals surface area contributed by atoms with Gasteiger partial charge in [0.15, 0.2) is 6.19 Å². The quantitative estimate of drug-likeness (QED) is 0.328. The van der Waals surface area contributed by atoms with Crippen LogP contribution in [0.1, 0.15) is 0 Å². The van der Waals surface area contributed by atoms with Crippen molar-refractivity contribution in [2.75, 3.05) is 6.54 Å². The number of amides is 2. The van der Waals surface area contributed by atoms with E-state index in [0.29, 0.717) is 6.54 Å². The summed E-state index contributed by atoms with van der Waals surface area (Å²) < 4.78 is 0. The standard InChI is InChI=1S/C3H4Cl2N2.CH4N2O/c4-3(5)1-7-2-6;2-1(3)4/h3,7H,1H2;(H4,2,3,4). The number of halogens is 2. The molecular weight excluding hydrogens is 191 g/mol. The molecule has 7 heteroatoms. The summed E-state index contributed by atoms with van der Waals surface area (Å²) >= 11 is 10.4. The maximum atomic E-state index is 9.00. The first-order valence-electron chi connectivity index (χ1n) is 2.45. The fraction of sp³-hybridized carbons (Fsp3) is 0.500. The van der Waals surface area contributed by atoms with Crippen LogP contribution in [0.5, 0.6) is 0 Å². The number of nitriles is 1. The van der Waals surface area contributed by atoms with Gasteiger partial charge in [-0.1, -0.05) is 0 Å². The van der Waals surface area contributed by atoms with Gasteiger partial charge in [0.1, 0.15) is 4.84 Å². The molecule has 0 saturated carbocycles. The summed E-state index contributed by atoms with van der Waals surface area (Å²) in [6.45, 7) is 0.319. The summed E-state index contributed by atoms with van der Waals surface area (Å²) in [7, 11) is 0. The maximum absolute atomic E-state index is 9.00. The Bertz CT molecular complexity index is 140. The lowest BCUT2D eigenvalue weighted by atomic mass is 10.7. The summed E-state index contributed by atoms with van der Waals surface area (Å²) in [5.74, 6) is 0. The molecule has 0 fully saturated rings. The van der Waals surface area contributed by atoms with Gasteiger partial charge in [-0.05, 0) is 0 Å². The Balaban J connectivity index is 0. The average molecular weight is 199 g/mol. The number of rotatable bonds is 2. The van der Waals surface area contributed by atoms with E-state index in [9.17, 15) is 0 Å². The fourth-order valence-corrected chi connectivity index (χ4v) is 0.277. The largest absolute Gasteiger partial charge is 0.352 e. The molecule has 0 atom stereocenters. The lowest BCUT2D eigenvalue weighted by molar-refractivity contribution is 0.256. The Morgan fingerprint density at radius 3 is 2.09 bits per heavy atom. The van der Waals surface area contributed by atoms with Gasteiger partial charge in [-0.25, -0.2) is 4.79 Å². The Morgan fingerprint density at radius 1 is 1.64 bits per heavy atom. The molecule has 0 bridgehead atoms. The molecule has 0 spiro atoms. The lowest BCUT2D eigenvalue weighted by Crippen LogP contribution is -2.18. The zero-order valence-corrected chi connectivity index (χ0v) is 7.06. The highest BCUT2D eigenvalue weighted by atomic mass is 35.5. The second kappa shape index (κ2) is 9.14. The topological polar surface area (TPSA) is 105 Å². The third-order valence-corrected chi connectivity index (χ3v) is 0.644. The van der Waals surface area contributed by atoms with Gasteiger partial charge in [0.25, 0.3) is 0 Å². The first-order valence-corrected chi connectivity index (χ1v) is 3.33. The number of nitrogens with zero attached hydrogens (tertiary/aromatic N) is 1. The van der Waals surface area contributed by atoms with Gasteiger partial charge in [-0.2, -0.15) is 5.26 Å². The number of carbonyl (C=O) groups is 1. The molecule has 0 saturated heterocycles. The second-order valence-corrected chi connectivity index (χ2v) is 2.56. The number of carbonyl (C=O) groups excluding carboxylic acids is 1. The van der Waals surface area contributed by atoms with E-state index in [-0.39, 0.29) is 0 Å². The Morgan fingerprint density at radius 2 is 2.00 bits per heavy atom. The minimum atomic E-state index is -0.833. The number of hydrogen-bond acceptors (Lipinski definition) is 3. The number of nitrogens with one attached hydrogen (secondary N) is 1. The van der Waals surface area contributed by atoms with Crippen LogP contribution >= 0.6 is 23.2 Å². The van der Waals surface area contributed by atoms with Gasteiger partial charge in [0, 0.05) is 0 Å². The molecule has 5 N–H and O–H groups in total. The molecule has 11 heavy (non-hydrogen) atoms. The molecule has 0 aromatic carbocycles. The van der Waals surface area contributed by atoms with Crippen LogP contribution in [0.3, 0.4) is 0 Å². The highest BCUT2D eigenvalue weighted by molar-refractivity contribution is 6.44. The van der Waals surface area contributed by atoms with Crippen LogP contribution in [0.2, 0.25) is 0 Å². The van der Waals surface area contributed by atoms with Crippen molar-refractivity contribution in [2.45, 2.75) is 4.84 Å². The summed E-state index contributed by atoms with van der Waals surface area (Å²) in [6, 6.07) is -0.833. The smallest absolute Gasteiger partial charge is 0.309 e.